The Morgan fingerprint density at radius 3 is 2.53 bits per heavy atom. The van der Waals surface area contributed by atoms with E-state index in [2.05, 4.69) is 5.32 Å². The summed E-state index contributed by atoms with van der Waals surface area (Å²) in [5.41, 5.74) is 0. The Balaban J connectivity index is 2.12. The molecule has 1 aliphatic carbocycles. The molecule has 15 heavy (non-hydrogen) atoms. The smallest absolute Gasteiger partial charge is 0.246 e. The number of ether oxygens (including phenoxy) is 1. The van der Waals surface area contributed by atoms with Crippen LogP contribution in [0.5, 0.6) is 0 Å². The van der Waals surface area contributed by atoms with E-state index >= 15 is 0 Å². The van der Waals surface area contributed by atoms with Crippen LogP contribution in [0.2, 0.25) is 0 Å². The molecule has 0 aliphatic heterocycles. The quantitative estimate of drug-likeness (QED) is 0.730. The van der Waals surface area contributed by atoms with Gasteiger partial charge in [-0.1, -0.05) is 0 Å². The molecule has 0 spiro atoms. The van der Waals surface area contributed by atoms with Crippen molar-refractivity contribution in [2.45, 2.75) is 57.8 Å². The summed E-state index contributed by atoms with van der Waals surface area (Å²) in [5, 5.41) is 12.1. The van der Waals surface area contributed by atoms with Crippen molar-refractivity contribution >= 4 is 5.91 Å². The first-order valence-electron chi connectivity index (χ1n) is 5.67. The van der Waals surface area contributed by atoms with Crippen molar-refractivity contribution in [3.63, 3.8) is 0 Å². The van der Waals surface area contributed by atoms with Gasteiger partial charge >= 0.3 is 0 Å². The second kappa shape index (κ2) is 6.08. The number of carbonyl (C=O) groups excluding carboxylic acids is 1. The largest absolute Gasteiger partial charge is 0.393 e. The van der Waals surface area contributed by atoms with Crippen molar-refractivity contribution in [1.82, 2.24) is 5.32 Å². The van der Waals surface area contributed by atoms with Crippen molar-refractivity contribution < 1.29 is 14.6 Å². The Kier molecular flexibility index (Phi) is 5.05. The minimum Gasteiger partial charge on any atom is -0.393 e. The summed E-state index contributed by atoms with van der Waals surface area (Å²) in [7, 11) is 0. The van der Waals surface area contributed by atoms with Gasteiger partial charge in [-0.3, -0.25) is 4.79 Å². The first-order valence-corrected chi connectivity index (χ1v) is 5.67. The highest BCUT2D eigenvalue weighted by Crippen LogP contribution is 2.20. The lowest BCUT2D eigenvalue weighted by Crippen LogP contribution is -2.35. The number of carbonyl (C=O) groups is 1. The number of aliphatic hydroxyl groups is 1. The summed E-state index contributed by atoms with van der Waals surface area (Å²) in [6.07, 6.45) is 3.26. The highest BCUT2D eigenvalue weighted by Gasteiger charge is 2.20. The van der Waals surface area contributed by atoms with E-state index in [1.165, 1.54) is 0 Å². The van der Waals surface area contributed by atoms with Crippen molar-refractivity contribution in [2.24, 2.45) is 0 Å². The van der Waals surface area contributed by atoms with E-state index in [-0.39, 0.29) is 30.8 Å². The maximum Gasteiger partial charge on any atom is 0.246 e. The van der Waals surface area contributed by atoms with Crippen LogP contribution in [0.15, 0.2) is 0 Å². The topological polar surface area (TPSA) is 58.6 Å². The molecule has 0 saturated heterocycles. The fourth-order valence-electron chi connectivity index (χ4n) is 1.77. The van der Waals surface area contributed by atoms with Gasteiger partial charge in [0, 0.05) is 6.04 Å². The van der Waals surface area contributed by atoms with E-state index < -0.39 is 0 Å². The van der Waals surface area contributed by atoms with Gasteiger partial charge in [-0.2, -0.15) is 0 Å². The van der Waals surface area contributed by atoms with Gasteiger partial charge in [0.05, 0.1) is 12.2 Å². The van der Waals surface area contributed by atoms with Crippen LogP contribution in [0.1, 0.15) is 39.5 Å². The van der Waals surface area contributed by atoms with E-state index in [4.69, 9.17) is 4.74 Å². The molecule has 0 aromatic heterocycles. The number of nitrogens with one attached hydrogen (secondary N) is 1. The van der Waals surface area contributed by atoms with Crippen molar-refractivity contribution in [3.8, 4) is 0 Å². The molecule has 0 heterocycles. The molecule has 1 aliphatic rings. The number of hydrogen-bond donors (Lipinski definition) is 2. The Morgan fingerprint density at radius 1 is 1.40 bits per heavy atom. The minimum absolute atomic E-state index is 0.0591. The zero-order valence-corrected chi connectivity index (χ0v) is 9.53. The standard InChI is InChI=1S/C11H21NO3/c1-8(2)12-11(14)7-15-10-5-3-9(13)4-6-10/h8-10,13H,3-7H2,1-2H3,(H,12,14). The lowest BCUT2D eigenvalue weighted by Gasteiger charge is -2.25. The Hall–Kier alpha value is -0.610. The highest BCUT2D eigenvalue weighted by atomic mass is 16.5. The third-order valence-corrected chi connectivity index (χ3v) is 2.54. The molecule has 0 aromatic rings. The first kappa shape index (κ1) is 12.5. The maximum atomic E-state index is 11.3. The monoisotopic (exact) mass is 215 g/mol. The number of amides is 1. The summed E-state index contributed by atoms with van der Waals surface area (Å²) in [5.74, 6) is -0.0591. The second-order valence-electron chi connectivity index (χ2n) is 4.46. The molecule has 0 bridgehead atoms. The lowest BCUT2D eigenvalue weighted by atomic mass is 9.95. The van der Waals surface area contributed by atoms with Crippen LogP contribution in [-0.4, -0.2) is 35.9 Å². The predicted octanol–water partition coefficient (Wildman–Crippen LogP) is 0.831. The molecule has 0 atom stereocenters. The Bertz CT molecular complexity index is 198. The molecule has 2 N–H and O–H groups in total. The molecule has 4 heteroatoms. The summed E-state index contributed by atoms with van der Waals surface area (Å²) in [4.78, 5) is 11.3. The lowest BCUT2D eigenvalue weighted by molar-refractivity contribution is -0.129. The van der Waals surface area contributed by atoms with Gasteiger partial charge in [0.25, 0.3) is 0 Å². The van der Waals surface area contributed by atoms with E-state index in [9.17, 15) is 9.90 Å². The fraction of sp³-hybridized carbons (Fsp3) is 0.909. The van der Waals surface area contributed by atoms with Gasteiger partial charge in [-0.15, -0.1) is 0 Å². The van der Waals surface area contributed by atoms with Gasteiger partial charge in [-0.05, 0) is 39.5 Å². The summed E-state index contributed by atoms with van der Waals surface area (Å²) in [6, 6.07) is 0.161. The normalized spacial score (nSPS) is 26.7. The molecule has 0 unspecified atom stereocenters. The Morgan fingerprint density at radius 2 is 2.00 bits per heavy atom. The number of rotatable bonds is 4. The van der Waals surface area contributed by atoms with Crippen molar-refractivity contribution in [1.29, 1.82) is 0 Å². The molecule has 0 radical (unpaired) electrons. The summed E-state index contributed by atoms with van der Waals surface area (Å²) in [6.45, 7) is 3.99. The van der Waals surface area contributed by atoms with Crippen LogP contribution in [-0.2, 0) is 9.53 Å². The van der Waals surface area contributed by atoms with Crippen LogP contribution >= 0.6 is 0 Å². The van der Waals surface area contributed by atoms with E-state index in [1.807, 2.05) is 13.8 Å². The van der Waals surface area contributed by atoms with Crippen LogP contribution in [0.3, 0.4) is 0 Å². The molecule has 1 fully saturated rings. The van der Waals surface area contributed by atoms with Gasteiger partial charge < -0.3 is 15.2 Å². The van der Waals surface area contributed by atoms with Crippen LogP contribution in [0, 0.1) is 0 Å². The van der Waals surface area contributed by atoms with Crippen LogP contribution < -0.4 is 5.32 Å². The average Bonchev–Trinajstić information content (AvgIpc) is 2.16. The minimum atomic E-state index is -0.172. The van der Waals surface area contributed by atoms with Gasteiger partial charge in [0.15, 0.2) is 0 Å². The van der Waals surface area contributed by atoms with E-state index in [0.29, 0.717) is 0 Å². The molecule has 88 valence electrons. The van der Waals surface area contributed by atoms with Crippen LogP contribution in [0.25, 0.3) is 0 Å². The van der Waals surface area contributed by atoms with Crippen LogP contribution in [0.4, 0.5) is 0 Å². The maximum absolute atomic E-state index is 11.3. The fourth-order valence-corrected chi connectivity index (χ4v) is 1.77. The highest BCUT2D eigenvalue weighted by molar-refractivity contribution is 5.77. The van der Waals surface area contributed by atoms with Crippen molar-refractivity contribution in [3.05, 3.63) is 0 Å². The SMILES string of the molecule is CC(C)NC(=O)COC1CCC(O)CC1. The van der Waals surface area contributed by atoms with Gasteiger partial charge in [-0.25, -0.2) is 0 Å². The van der Waals surface area contributed by atoms with Gasteiger partial charge in [0.1, 0.15) is 6.61 Å². The molecule has 0 aromatic carbocycles. The molecular formula is C11H21NO3. The third kappa shape index (κ3) is 5.14. The second-order valence-corrected chi connectivity index (χ2v) is 4.46. The zero-order chi connectivity index (χ0) is 11.3. The molecule has 4 nitrogen and oxygen atoms in total. The molecule has 1 amide bonds. The summed E-state index contributed by atoms with van der Waals surface area (Å²) < 4.78 is 5.47. The third-order valence-electron chi connectivity index (χ3n) is 2.54. The summed E-state index contributed by atoms with van der Waals surface area (Å²) >= 11 is 0. The van der Waals surface area contributed by atoms with E-state index in [0.717, 1.165) is 25.7 Å². The molecule has 1 saturated carbocycles. The Labute approximate surface area is 91.0 Å². The first-order chi connectivity index (χ1) is 7.08. The number of aliphatic hydroxyl groups excluding tert-OH is 1. The predicted molar refractivity (Wildman–Crippen MR) is 57.5 cm³/mol. The average molecular weight is 215 g/mol. The van der Waals surface area contributed by atoms with E-state index in [1.54, 1.807) is 0 Å². The van der Waals surface area contributed by atoms with Crippen molar-refractivity contribution in [2.75, 3.05) is 6.61 Å². The number of hydrogen-bond acceptors (Lipinski definition) is 3. The zero-order valence-electron chi connectivity index (χ0n) is 9.53. The molecular weight excluding hydrogens is 194 g/mol. The molecule has 1 rings (SSSR count). The van der Waals surface area contributed by atoms with Gasteiger partial charge in [0.2, 0.25) is 5.91 Å².